The second kappa shape index (κ2) is 4.23. The third-order valence-corrected chi connectivity index (χ3v) is 3.74. The van der Waals surface area contributed by atoms with E-state index in [1.165, 1.54) is 11.3 Å². The number of hydrogen-bond acceptors (Lipinski definition) is 4. The van der Waals surface area contributed by atoms with Crippen molar-refractivity contribution in [2.75, 3.05) is 0 Å². The Hall–Kier alpha value is -1.65. The highest BCUT2D eigenvalue weighted by Gasteiger charge is 2.20. The molecule has 3 rings (SSSR count). The van der Waals surface area contributed by atoms with Gasteiger partial charge in [0.2, 0.25) is 0 Å². The molecule has 3 nitrogen and oxygen atoms in total. The maximum atomic E-state index is 12.2. The number of ketones is 1. The number of carbonyl (C=O) groups is 1. The topological polar surface area (TPSA) is 43.1 Å². The van der Waals surface area contributed by atoms with Crippen molar-refractivity contribution in [1.29, 1.82) is 0 Å². The highest BCUT2D eigenvalue weighted by Crippen LogP contribution is 2.29. The molecule has 0 saturated carbocycles. The molecule has 0 aliphatic heterocycles. The standard InChI is InChI=1S/C13H8ClNO2S/c1-7-9-6-8(14)2-3-10(9)17-12(7)11(16)13-15-4-5-18-13/h2-6H,1H3. The van der Waals surface area contributed by atoms with E-state index in [1.54, 1.807) is 29.8 Å². The van der Waals surface area contributed by atoms with Crippen LogP contribution in [0.2, 0.25) is 5.02 Å². The molecule has 18 heavy (non-hydrogen) atoms. The largest absolute Gasteiger partial charge is 0.452 e. The Balaban J connectivity index is 2.19. The summed E-state index contributed by atoms with van der Waals surface area (Å²) in [6.07, 6.45) is 1.60. The number of aromatic nitrogens is 1. The zero-order valence-electron chi connectivity index (χ0n) is 9.44. The van der Waals surface area contributed by atoms with Gasteiger partial charge in [0.25, 0.3) is 5.78 Å². The smallest absolute Gasteiger partial charge is 0.256 e. The number of rotatable bonds is 2. The lowest BCUT2D eigenvalue weighted by Gasteiger charge is -1.93. The predicted octanol–water partition coefficient (Wildman–Crippen LogP) is 4.08. The van der Waals surface area contributed by atoms with Crippen LogP contribution in [0.25, 0.3) is 11.0 Å². The molecule has 0 fully saturated rings. The minimum absolute atomic E-state index is 0.185. The third kappa shape index (κ3) is 1.74. The lowest BCUT2D eigenvalue weighted by Crippen LogP contribution is -2.00. The van der Waals surface area contributed by atoms with Gasteiger partial charge in [-0.3, -0.25) is 4.79 Å². The molecule has 0 saturated heterocycles. The van der Waals surface area contributed by atoms with E-state index < -0.39 is 0 Å². The summed E-state index contributed by atoms with van der Waals surface area (Å²) in [5.74, 6) is 0.150. The fourth-order valence-electron chi connectivity index (χ4n) is 1.84. The van der Waals surface area contributed by atoms with Crippen molar-refractivity contribution < 1.29 is 9.21 Å². The fraction of sp³-hybridized carbons (Fsp3) is 0.0769. The van der Waals surface area contributed by atoms with Gasteiger partial charge in [-0.2, -0.15) is 0 Å². The number of halogens is 1. The summed E-state index contributed by atoms with van der Waals surface area (Å²) in [6.45, 7) is 1.85. The van der Waals surface area contributed by atoms with Gasteiger partial charge in [0.05, 0.1) is 0 Å². The maximum Gasteiger partial charge on any atom is 0.256 e. The highest BCUT2D eigenvalue weighted by atomic mass is 35.5. The molecule has 2 heterocycles. The molecule has 3 aromatic rings. The van der Waals surface area contributed by atoms with E-state index in [4.69, 9.17) is 16.0 Å². The van der Waals surface area contributed by atoms with E-state index in [0.29, 0.717) is 21.4 Å². The van der Waals surface area contributed by atoms with Crippen molar-refractivity contribution in [3.05, 3.63) is 51.1 Å². The van der Waals surface area contributed by atoms with Crippen LogP contribution in [-0.2, 0) is 0 Å². The van der Waals surface area contributed by atoms with Gasteiger partial charge in [-0.05, 0) is 25.1 Å². The molecule has 0 amide bonds. The lowest BCUT2D eigenvalue weighted by atomic mass is 10.1. The molecule has 0 radical (unpaired) electrons. The number of benzene rings is 1. The van der Waals surface area contributed by atoms with Gasteiger partial charge in [0.15, 0.2) is 10.8 Å². The number of furan rings is 1. The van der Waals surface area contributed by atoms with Crippen LogP contribution < -0.4 is 0 Å². The van der Waals surface area contributed by atoms with Crippen LogP contribution in [0.4, 0.5) is 0 Å². The molecule has 0 unspecified atom stereocenters. The summed E-state index contributed by atoms with van der Waals surface area (Å²) in [5, 5.41) is 3.69. The Morgan fingerprint density at radius 3 is 3.00 bits per heavy atom. The molecule has 0 spiro atoms. The van der Waals surface area contributed by atoms with E-state index in [0.717, 1.165) is 10.9 Å². The van der Waals surface area contributed by atoms with Crippen LogP contribution in [0.15, 0.2) is 34.2 Å². The van der Waals surface area contributed by atoms with Crippen molar-refractivity contribution in [3.8, 4) is 0 Å². The average molecular weight is 278 g/mol. The minimum atomic E-state index is -0.185. The van der Waals surface area contributed by atoms with Crippen LogP contribution in [0, 0.1) is 6.92 Å². The SMILES string of the molecule is Cc1c(C(=O)c2nccs2)oc2ccc(Cl)cc12. The van der Waals surface area contributed by atoms with Gasteiger partial charge < -0.3 is 4.42 Å². The average Bonchev–Trinajstić information content (AvgIpc) is 2.98. The maximum absolute atomic E-state index is 12.2. The summed E-state index contributed by atoms with van der Waals surface area (Å²) in [4.78, 5) is 16.2. The van der Waals surface area contributed by atoms with E-state index in [2.05, 4.69) is 4.98 Å². The highest BCUT2D eigenvalue weighted by molar-refractivity contribution is 7.11. The quantitative estimate of drug-likeness (QED) is 0.663. The minimum Gasteiger partial charge on any atom is -0.452 e. The van der Waals surface area contributed by atoms with Gasteiger partial charge in [0, 0.05) is 27.5 Å². The van der Waals surface area contributed by atoms with Crippen LogP contribution in [-0.4, -0.2) is 10.8 Å². The van der Waals surface area contributed by atoms with Crippen molar-refractivity contribution in [1.82, 2.24) is 4.98 Å². The molecule has 0 aliphatic carbocycles. The lowest BCUT2D eigenvalue weighted by molar-refractivity contribution is 0.101. The number of carbonyl (C=O) groups excluding carboxylic acids is 1. The van der Waals surface area contributed by atoms with Crippen molar-refractivity contribution in [3.63, 3.8) is 0 Å². The molecule has 0 atom stereocenters. The first-order valence-corrected chi connectivity index (χ1v) is 6.55. The van der Waals surface area contributed by atoms with Crippen molar-refractivity contribution >= 4 is 39.7 Å². The summed E-state index contributed by atoms with van der Waals surface area (Å²) in [5.41, 5.74) is 1.46. The zero-order valence-corrected chi connectivity index (χ0v) is 11.0. The Morgan fingerprint density at radius 1 is 1.44 bits per heavy atom. The molecule has 0 bridgehead atoms. The molecule has 90 valence electrons. The second-order valence-electron chi connectivity index (χ2n) is 3.86. The number of aryl methyl sites for hydroxylation is 1. The molecule has 5 heteroatoms. The molecule has 0 N–H and O–H groups in total. The monoisotopic (exact) mass is 277 g/mol. The Bertz CT molecular complexity index is 731. The molecule has 2 aromatic heterocycles. The van der Waals surface area contributed by atoms with Crippen molar-refractivity contribution in [2.45, 2.75) is 6.92 Å². The molecular formula is C13H8ClNO2S. The van der Waals surface area contributed by atoms with E-state index >= 15 is 0 Å². The molecular weight excluding hydrogens is 270 g/mol. The van der Waals surface area contributed by atoms with Crippen LogP contribution in [0.1, 0.15) is 21.1 Å². The Kier molecular flexibility index (Phi) is 2.69. The number of nitrogens with zero attached hydrogens (tertiary/aromatic N) is 1. The zero-order chi connectivity index (χ0) is 12.7. The fourth-order valence-corrected chi connectivity index (χ4v) is 2.59. The predicted molar refractivity (Wildman–Crippen MR) is 71.5 cm³/mol. The van der Waals surface area contributed by atoms with Gasteiger partial charge in [-0.25, -0.2) is 4.98 Å². The van der Waals surface area contributed by atoms with Crippen LogP contribution in [0.5, 0.6) is 0 Å². The summed E-state index contributed by atoms with van der Waals surface area (Å²) in [6, 6.07) is 5.31. The van der Waals surface area contributed by atoms with Crippen molar-refractivity contribution in [2.24, 2.45) is 0 Å². The van der Waals surface area contributed by atoms with Gasteiger partial charge >= 0.3 is 0 Å². The van der Waals surface area contributed by atoms with Gasteiger partial charge in [0.1, 0.15) is 5.58 Å². The summed E-state index contributed by atoms with van der Waals surface area (Å²) < 4.78 is 5.60. The number of fused-ring (bicyclic) bond motifs is 1. The van der Waals surface area contributed by atoms with E-state index in [9.17, 15) is 4.79 Å². The third-order valence-electron chi connectivity index (χ3n) is 2.73. The summed E-state index contributed by atoms with van der Waals surface area (Å²) in [7, 11) is 0. The van der Waals surface area contributed by atoms with E-state index in [-0.39, 0.29) is 5.78 Å². The Labute approximate surface area is 112 Å². The molecule has 1 aromatic carbocycles. The number of hydrogen-bond donors (Lipinski definition) is 0. The first-order valence-electron chi connectivity index (χ1n) is 5.29. The Morgan fingerprint density at radius 2 is 2.28 bits per heavy atom. The van der Waals surface area contributed by atoms with Gasteiger partial charge in [-0.15, -0.1) is 11.3 Å². The van der Waals surface area contributed by atoms with Crippen LogP contribution in [0.3, 0.4) is 0 Å². The van der Waals surface area contributed by atoms with E-state index in [1.807, 2.05) is 6.92 Å². The second-order valence-corrected chi connectivity index (χ2v) is 5.19. The molecule has 0 aliphatic rings. The normalized spacial score (nSPS) is 11.0. The number of thiazole rings is 1. The first-order chi connectivity index (χ1) is 8.66. The summed E-state index contributed by atoms with van der Waals surface area (Å²) >= 11 is 7.24. The van der Waals surface area contributed by atoms with Crippen LogP contribution >= 0.6 is 22.9 Å². The first kappa shape index (κ1) is 11.4. The van der Waals surface area contributed by atoms with Gasteiger partial charge in [-0.1, -0.05) is 11.6 Å².